The molecule has 0 aliphatic heterocycles. The number of nitro benzene ring substituents is 1. The van der Waals surface area contributed by atoms with Crippen LogP contribution in [0.3, 0.4) is 0 Å². The Morgan fingerprint density at radius 1 is 1.07 bits per heavy atom. The molecule has 11 heteroatoms. The van der Waals surface area contributed by atoms with Crippen LogP contribution in [-0.2, 0) is 17.6 Å². The van der Waals surface area contributed by atoms with E-state index in [0.29, 0.717) is 27.5 Å². The Bertz CT molecular complexity index is 1620. The van der Waals surface area contributed by atoms with Gasteiger partial charge in [-0.2, -0.15) is 0 Å². The van der Waals surface area contributed by atoms with Crippen LogP contribution in [0.4, 0.5) is 22.1 Å². The maximum absolute atomic E-state index is 13.4. The number of pyridine rings is 1. The van der Waals surface area contributed by atoms with Gasteiger partial charge in [-0.05, 0) is 61.6 Å². The number of aromatic nitrogens is 1. The van der Waals surface area contributed by atoms with Crippen molar-refractivity contribution < 1.29 is 14.5 Å². The van der Waals surface area contributed by atoms with Crippen molar-refractivity contribution in [3.05, 3.63) is 98.7 Å². The van der Waals surface area contributed by atoms with Crippen molar-refractivity contribution in [2.24, 2.45) is 4.99 Å². The number of benzene rings is 2. The predicted molar refractivity (Wildman–Crippen MR) is 158 cm³/mol. The van der Waals surface area contributed by atoms with E-state index in [2.05, 4.69) is 15.6 Å². The van der Waals surface area contributed by atoms with Gasteiger partial charge < -0.3 is 10.6 Å². The highest BCUT2D eigenvalue weighted by Gasteiger charge is 2.25. The minimum atomic E-state index is -0.451. The highest BCUT2D eigenvalue weighted by molar-refractivity contribution is 7.99. The third kappa shape index (κ3) is 6.27. The lowest BCUT2D eigenvalue weighted by molar-refractivity contribution is -0.384. The Morgan fingerprint density at radius 2 is 1.90 bits per heavy atom. The molecule has 9 nitrogen and oxygen atoms in total. The number of non-ortho nitro benzene ring substituents is 1. The number of fused-ring (bicyclic) bond motifs is 1. The lowest BCUT2D eigenvalue weighted by Crippen LogP contribution is -2.15. The molecule has 0 bridgehead atoms. The van der Waals surface area contributed by atoms with Gasteiger partial charge in [-0.3, -0.25) is 24.7 Å². The average Bonchev–Trinajstić information content (AvgIpc) is 3.32. The molecular formula is C29H25N5O4S2. The van der Waals surface area contributed by atoms with Crippen molar-refractivity contribution >= 4 is 63.2 Å². The predicted octanol–water partition coefficient (Wildman–Crippen LogP) is 7.04. The van der Waals surface area contributed by atoms with Gasteiger partial charge in [0.25, 0.3) is 11.6 Å². The Labute approximate surface area is 238 Å². The number of nitrogens with one attached hydrogen (secondary N) is 2. The van der Waals surface area contributed by atoms with E-state index in [1.165, 1.54) is 42.2 Å². The van der Waals surface area contributed by atoms with Crippen molar-refractivity contribution in [2.75, 3.05) is 10.6 Å². The van der Waals surface area contributed by atoms with Crippen LogP contribution in [0.15, 0.2) is 81.8 Å². The summed E-state index contributed by atoms with van der Waals surface area (Å²) in [6, 6.07) is 15.5. The number of carbonyl (C=O) groups is 2. The van der Waals surface area contributed by atoms with Crippen LogP contribution in [0.1, 0.15) is 46.1 Å². The second-order valence-electron chi connectivity index (χ2n) is 9.10. The first-order chi connectivity index (χ1) is 19.4. The van der Waals surface area contributed by atoms with Crippen LogP contribution < -0.4 is 10.6 Å². The summed E-state index contributed by atoms with van der Waals surface area (Å²) in [7, 11) is 0. The maximum Gasteiger partial charge on any atom is 0.270 e. The number of amides is 2. The number of aliphatic imine (C=N–C) groups is 1. The highest BCUT2D eigenvalue weighted by Crippen LogP contribution is 2.41. The number of nitrogens with zero attached hydrogens (tertiary/aromatic N) is 3. The fourth-order valence-electron chi connectivity index (χ4n) is 4.45. The number of para-hydroxylation sites is 1. The fourth-order valence-corrected chi connectivity index (χ4v) is 6.65. The van der Waals surface area contributed by atoms with E-state index >= 15 is 0 Å². The molecule has 0 saturated heterocycles. The molecule has 2 amide bonds. The van der Waals surface area contributed by atoms with Gasteiger partial charge in [0.05, 0.1) is 28.1 Å². The third-order valence-corrected chi connectivity index (χ3v) is 8.61. The SMILES string of the molecule is CC(=O)Nc1ccccc1Sc1ccc([N+](=O)[O-])cc1C=Nc1sc2c(c1C(=O)Nc1cccnc1)CCCC2. The number of aryl methyl sites for hydroxylation is 1. The molecule has 202 valence electrons. The zero-order chi connectivity index (χ0) is 28.1. The summed E-state index contributed by atoms with van der Waals surface area (Å²) in [5.41, 5.74) is 3.25. The zero-order valence-corrected chi connectivity index (χ0v) is 23.2. The molecule has 2 aromatic carbocycles. The monoisotopic (exact) mass is 571 g/mol. The number of carbonyl (C=O) groups excluding carboxylic acids is 2. The van der Waals surface area contributed by atoms with Crippen molar-refractivity contribution in [1.82, 2.24) is 4.98 Å². The second kappa shape index (κ2) is 12.2. The summed E-state index contributed by atoms with van der Waals surface area (Å²) >= 11 is 2.85. The molecule has 2 heterocycles. The summed E-state index contributed by atoms with van der Waals surface area (Å²) < 4.78 is 0. The van der Waals surface area contributed by atoms with Crippen molar-refractivity contribution in [3.8, 4) is 0 Å². The standard InChI is InChI=1S/C29H25N5O4S2/c1-18(35)32-23-9-3-5-11-26(23)39-24-13-12-21(34(37)38)15-19(24)16-31-29-27(22-8-2-4-10-25(22)40-29)28(36)33-20-7-6-14-30-17-20/h3,5-7,9,11-17H,2,4,8,10H2,1H3,(H,32,35)(H,33,36). The largest absolute Gasteiger partial charge is 0.325 e. The number of thiophene rings is 1. The van der Waals surface area contributed by atoms with Gasteiger partial charge >= 0.3 is 0 Å². The quantitative estimate of drug-likeness (QED) is 0.133. The van der Waals surface area contributed by atoms with E-state index in [1.54, 1.807) is 42.9 Å². The Hall–Kier alpha value is -4.35. The molecule has 0 fully saturated rings. The first kappa shape index (κ1) is 27.2. The van der Waals surface area contributed by atoms with Gasteiger partial charge in [0.2, 0.25) is 5.91 Å². The molecule has 5 rings (SSSR count). The van der Waals surface area contributed by atoms with E-state index in [1.807, 2.05) is 18.2 Å². The van der Waals surface area contributed by atoms with Crippen molar-refractivity contribution in [1.29, 1.82) is 0 Å². The van der Waals surface area contributed by atoms with E-state index in [4.69, 9.17) is 4.99 Å². The molecule has 40 heavy (non-hydrogen) atoms. The lowest BCUT2D eigenvalue weighted by Gasteiger charge is -2.12. The van der Waals surface area contributed by atoms with Gasteiger partial charge in [0.1, 0.15) is 5.00 Å². The van der Waals surface area contributed by atoms with Crippen molar-refractivity contribution in [2.45, 2.75) is 42.4 Å². The normalized spacial score (nSPS) is 12.6. The first-order valence-electron chi connectivity index (χ1n) is 12.6. The van der Waals surface area contributed by atoms with Gasteiger partial charge in [-0.1, -0.05) is 23.9 Å². The Balaban J connectivity index is 1.52. The van der Waals surface area contributed by atoms with Gasteiger partial charge in [-0.15, -0.1) is 11.3 Å². The van der Waals surface area contributed by atoms with Crippen LogP contribution in [0.5, 0.6) is 0 Å². The molecular weight excluding hydrogens is 546 g/mol. The molecule has 2 aromatic heterocycles. The van der Waals surface area contributed by atoms with Crippen LogP contribution in [0.25, 0.3) is 0 Å². The minimum absolute atomic E-state index is 0.0686. The molecule has 2 N–H and O–H groups in total. The fraction of sp³-hybridized carbons (Fsp3) is 0.172. The molecule has 0 spiro atoms. The summed E-state index contributed by atoms with van der Waals surface area (Å²) in [4.78, 5) is 47.7. The average molecular weight is 572 g/mol. The molecule has 0 atom stereocenters. The molecule has 0 saturated carbocycles. The molecule has 0 radical (unpaired) electrons. The number of hydrogen-bond donors (Lipinski definition) is 2. The lowest BCUT2D eigenvalue weighted by atomic mass is 9.95. The van der Waals surface area contributed by atoms with E-state index in [-0.39, 0.29) is 17.5 Å². The summed E-state index contributed by atoms with van der Waals surface area (Å²) in [6.07, 6.45) is 8.55. The van der Waals surface area contributed by atoms with Crippen LogP contribution in [0.2, 0.25) is 0 Å². The number of nitro groups is 1. The number of hydrogen-bond acceptors (Lipinski definition) is 8. The second-order valence-corrected chi connectivity index (χ2v) is 11.3. The zero-order valence-electron chi connectivity index (χ0n) is 21.5. The van der Waals surface area contributed by atoms with Crippen LogP contribution >= 0.6 is 23.1 Å². The van der Waals surface area contributed by atoms with E-state index in [9.17, 15) is 19.7 Å². The van der Waals surface area contributed by atoms with Crippen LogP contribution in [0, 0.1) is 10.1 Å². The Morgan fingerprint density at radius 3 is 2.67 bits per heavy atom. The summed E-state index contributed by atoms with van der Waals surface area (Å²) in [5.74, 6) is -0.449. The first-order valence-corrected chi connectivity index (χ1v) is 14.2. The van der Waals surface area contributed by atoms with Gasteiger partial charge in [0, 0.05) is 51.7 Å². The minimum Gasteiger partial charge on any atom is -0.325 e. The topological polar surface area (TPSA) is 127 Å². The summed E-state index contributed by atoms with van der Waals surface area (Å²) in [5, 5.41) is 17.9. The number of anilines is 2. The third-order valence-electron chi connectivity index (χ3n) is 6.24. The van der Waals surface area contributed by atoms with Gasteiger partial charge in [0.15, 0.2) is 0 Å². The molecule has 1 aliphatic rings. The summed E-state index contributed by atoms with van der Waals surface area (Å²) in [6.45, 7) is 1.44. The Kier molecular flexibility index (Phi) is 8.32. The number of rotatable bonds is 8. The van der Waals surface area contributed by atoms with Crippen molar-refractivity contribution in [3.63, 3.8) is 0 Å². The van der Waals surface area contributed by atoms with E-state index < -0.39 is 4.92 Å². The maximum atomic E-state index is 13.4. The van der Waals surface area contributed by atoms with Crippen LogP contribution in [-0.4, -0.2) is 27.9 Å². The molecule has 0 unspecified atom stereocenters. The molecule has 1 aliphatic carbocycles. The van der Waals surface area contributed by atoms with Gasteiger partial charge in [-0.25, -0.2) is 4.99 Å². The molecule has 4 aromatic rings. The smallest absolute Gasteiger partial charge is 0.270 e. The highest BCUT2D eigenvalue weighted by atomic mass is 32.2. The van der Waals surface area contributed by atoms with E-state index in [0.717, 1.165) is 45.9 Å².